The first-order valence-electron chi connectivity index (χ1n) is 14.7. The maximum absolute atomic E-state index is 13.3. The monoisotopic (exact) mass is 574 g/mol. The topological polar surface area (TPSA) is 114 Å². The van der Waals surface area contributed by atoms with E-state index in [-0.39, 0.29) is 17.9 Å². The minimum absolute atomic E-state index is 0.0872. The molecule has 1 saturated carbocycles. The number of amides is 2. The molecule has 10 heteroatoms. The lowest BCUT2D eigenvalue weighted by Crippen LogP contribution is -2.47. The van der Waals surface area contributed by atoms with E-state index in [1.54, 1.807) is 0 Å². The van der Waals surface area contributed by atoms with E-state index in [0.29, 0.717) is 41.1 Å². The number of nitrogens with two attached hydrogens (primary N) is 1. The predicted octanol–water partition coefficient (Wildman–Crippen LogP) is 5.08. The van der Waals surface area contributed by atoms with E-state index in [0.717, 1.165) is 54.7 Å². The van der Waals surface area contributed by atoms with Crippen LogP contribution >= 0.6 is 11.3 Å². The molecule has 1 aliphatic carbocycles. The Hall–Kier alpha value is -3.50. The van der Waals surface area contributed by atoms with E-state index < -0.39 is 0 Å². The number of carbonyl (C=O) groups excluding carboxylic acids is 2. The van der Waals surface area contributed by atoms with Gasteiger partial charge in [-0.2, -0.15) is 0 Å². The van der Waals surface area contributed by atoms with Gasteiger partial charge in [0.15, 0.2) is 0 Å². The van der Waals surface area contributed by atoms with Crippen LogP contribution in [-0.4, -0.2) is 63.5 Å². The predicted molar refractivity (Wildman–Crippen MR) is 160 cm³/mol. The summed E-state index contributed by atoms with van der Waals surface area (Å²) in [7, 11) is 0. The average molecular weight is 575 g/mol. The van der Waals surface area contributed by atoms with Crippen LogP contribution in [0.3, 0.4) is 0 Å². The molecule has 41 heavy (non-hydrogen) atoms. The fraction of sp³-hybridized carbons (Fsp3) is 0.484. The molecule has 0 radical (unpaired) electrons. The maximum Gasteiger partial charge on any atom is 0.251 e. The minimum atomic E-state index is -0.0872. The van der Waals surface area contributed by atoms with Crippen molar-refractivity contribution in [2.24, 2.45) is 5.92 Å². The van der Waals surface area contributed by atoms with Gasteiger partial charge in [0.2, 0.25) is 11.0 Å². The number of hydrogen-bond acceptors (Lipinski definition) is 8. The van der Waals surface area contributed by atoms with Crippen LogP contribution in [0.2, 0.25) is 0 Å². The van der Waals surface area contributed by atoms with Crippen molar-refractivity contribution in [3.05, 3.63) is 53.6 Å². The van der Waals surface area contributed by atoms with Gasteiger partial charge < -0.3 is 25.6 Å². The first-order valence-corrected chi connectivity index (χ1v) is 15.6. The Balaban J connectivity index is 1.17. The zero-order valence-electron chi connectivity index (χ0n) is 23.6. The number of piperidine rings is 1. The molecule has 3 aliphatic rings. The molecule has 6 rings (SSSR count). The van der Waals surface area contributed by atoms with E-state index in [1.807, 2.05) is 47.4 Å². The fourth-order valence-electron chi connectivity index (χ4n) is 6.34. The second kappa shape index (κ2) is 12.2. The molecule has 2 aliphatic heterocycles. The second-order valence-electron chi connectivity index (χ2n) is 11.7. The van der Waals surface area contributed by atoms with Crippen molar-refractivity contribution < 1.29 is 14.3 Å². The van der Waals surface area contributed by atoms with Crippen LogP contribution in [-0.2, 0) is 11.3 Å². The Morgan fingerprint density at radius 1 is 1.07 bits per heavy atom. The summed E-state index contributed by atoms with van der Waals surface area (Å²) in [5.74, 6) is 1.60. The number of rotatable bonds is 8. The summed E-state index contributed by atoms with van der Waals surface area (Å²) in [6.07, 6.45) is 7.83. The molecular weight excluding hydrogens is 536 g/mol. The van der Waals surface area contributed by atoms with Crippen molar-refractivity contribution in [2.45, 2.75) is 70.5 Å². The normalized spacial score (nSPS) is 20.6. The summed E-state index contributed by atoms with van der Waals surface area (Å²) >= 11 is 1.33. The molecule has 1 aromatic heterocycles. The van der Waals surface area contributed by atoms with Crippen molar-refractivity contribution in [2.75, 3.05) is 25.4 Å². The number of nitrogen functional groups attached to an aromatic ring is 1. The molecule has 0 bridgehead atoms. The molecule has 3 N–H and O–H groups in total. The van der Waals surface area contributed by atoms with Gasteiger partial charge in [-0.25, -0.2) is 0 Å². The van der Waals surface area contributed by atoms with E-state index in [4.69, 9.17) is 10.5 Å². The van der Waals surface area contributed by atoms with E-state index in [1.165, 1.54) is 37.0 Å². The first-order chi connectivity index (χ1) is 19.9. The second-order valence-corrected chi connectivity index (χ2v) is 12.7. The largest absolute Gasteiger partial charge is 0.457 e. The fourth-order valence-corrected chi connectivity index (χ4v) is 6.96. The number of hydrogen-bond donors (Lipinski definition) is 2. The van der Waals surface area contributed by atoms with Crippen LogP contribution < -0.4 is 15.8 Å². The molecule has 0 spiro atoms. The van der Waals surface area contributed by atoms with Gasteiger partial charge in [-0.05, 0) is 68.0 Å². The summed E-state index contributed by atoms with van der Waals surface area (Å²) in [5.41, 5.74) is 8.07. The third kappa shape index (κ3) is 6.54. The van der Waals surface area contributed by atoms with Crippen molar-refractivity contribution >= 4 is 28.3 Å². The summed E-state index contributed by atoms with van der Waals surface area (Å²) in [6.45, 7) is 5.35. The van der Waals surface area contributed by atoms with Gasteiger partial charge >= 0.3 is 0 Å². The zero-order valence-corrected chi connectivity index (χ0v) is 24.4. The Morgan fingerprint density at radius 3 is 2.49 bits per heavy atom. The van der Waals surface area contributed by atoms with Gasteiger partial charge in [-0.1, -0.05) is 37.2 Å². The molecule has 1 unspecified atom stereocenters. The van der Waals surface area contributed by atoms with Gasteiger partial charge in [0.05, 0.1) is 0 Å². The van der Waals surface area contributed by atoms with Gasteiger partial charge in [-0.15, -0.1) is 10.2 Å². The molecule has 2 saturated heterocycles. The van der Waals surface area contributed by atoms with Gasteiger partial charge in [0.25, 0.3) is 5.91 Å². The number of aromatic nitrogens is 2. The van der Waals surface area contributed by atoms with Crippen LogP contribution in [0.4, 0.5) is 5.13 Å². The number of anilines is 1. The summed E-state index contributed by atoms with van der Waals surface area (Å²) in [6, 6.07) is 14.0. The number of carbonyl (C=O) groups is 2. The Morgan fingerprint density at radius 2 is 1.83 bits per heavy atom. The molecule has 3 heterocycles. The number of benzene rings is 2. The molecule has 216 valence electrons. The number of nitrogens with zero attached hydrogens (tertiary/aromatic N) is 4. The highest BCUT2D eigenvalue weighted by Gasteiger charge is 2.29. The molecule has 1 atom stereocenters. The van der Waals surface area contributed by atoms with Crippen molar-refractivity contribution in [1.29, 1.82) is 0 Å². The lowest BCUT2D eigenvalue weighted by molar-refractivity contribution is -0.128. The minimum Gasteiger partial charge on any atom is -0.457 e. The summed E-state index contributed by atoms with van der Waals surface area (Å²) in [5, 5.41) is 12.4. The summed E-state index contributed by atoms with van der Waals surface area (Å²) < 4.78 is 6.35. The van der Waals surface area contributed by atoms with E-state index in [9.17, 15) is 9.59 Å². The zero-order chi connectivity index (χ0) is 28.3. The Labute approximate surface area is 245 Å². The van der Waals surface area contributed by atoms with Gasteiger partial charge in [0.1, 0.15) is 16.5 Å². The number of nitrogens with one attached hydrogen (secondary N) is 1. The molecular formula is C31H38N6O3S. The SMILES string of the molecule is CC1CC(=O)N(Cc2ccc(C(=O)NC3CCN(C4CCCC4)CC3)cc2Oc2ccc(-c3nnc(N)s3)cc2)C1. The maximum atomic E-state index is 13.3. The van der Waals surface area contributed by atoms with Crippen molar-refractivity contribution in [3.8, 4) is 22.1 Å². The highest BCUT2D eigenvalue weighted by molar-refractivity contribution is 7.18. The van der Waals surface area contributed by atoms with Gasteiger partial charge in [-0.3, -0.25) is 9.59 Å². The smallest absolute Gasteiger partial charge is 0.251 e. The van der Waals surface area contributed by atoms with Crippen LogP contribution in [0.25, 0.3) is 10.6 Å². The third-order valence-corrected chi connectivity index (χ3v) is 9.38. The standard InChI is InChI=1S/C31H38N6O3S/c1-20-16-28(38)37(18-20)19-23-7-6-22(29(39)33-24-12-14-36(15-13-24)25-4-2-3-5-25)17-27(23)40-26-10-8-21(9-11-26)30-34-35-31(32)41-30/h6-11,17,20,24-25H,2-5,12-16,18-19H2,1H3,(H2,32,35)(H,33,39). The first kappa shape index (κ1) is 27.7. The average Bonchev–Trinajstić information content (AvgIpc) is 3.73. The molecule has 9 nitrogen and oxygen atoms in total. The van der Waals surface area contributed by atoms with Crippen molar-refractivity contribution in [3.63, 3.8) is 0 Å². The Kier molecular flexibility index (Phi) is 8.20. The highest BCUT2D eigenvalue weighted by Crippen LogP contribution is 2.32. The van der Waals surface area contributed by atoms with E-state index >= 15 is 0 Å². The third-order valence-electron chi connectivity index (χ3n) is 8.57. The van der Waals surface area contributed by atoms with Crippen LogP contribution in [0, 0.1) is 5.92 Å². The molecule has 3 fully saturated rings. The molecule has 3 aromatic rings. The number of likely N-dealkylation sites (tertiary alicyclic amines) is 2. The van der Waals surface area contributed by atoms with Crippen molar-refractivity contribution in [1.82, 2.24) is 25.3 Å². The lowest BCUT2D eigenvalue weighted by atomic mass is 10.0. The lowest BCUT2D eigenvalue weighted by Gasteiger charge is -2.36. The Bertz CT molecular complexity index is 1380. The van der Waals surface area contributed by atoms with Crippen LogP contribution in [0.1, 0.15) is 67.8 Å². The number of ether oxygens (including phenoxy) is 1. The summed E-state index contributed by atoms with van der Waals surface area (Å²) in [4.78, 5) is 30.4. The highest BCUT2D eigenvalue weighted by atomic mass is 32.1. The van der Waals surface area contributed by atoms with Crippen LogP contribution in [0.15, 0.2) is 42.5 Å². The van der Waals surface area contributed by atoms with Crippen LogP contribution in [0.5, 0.6) is 11.5 Å². The van der Waals surface area contributed by atoms with E-state index in [2.05, 4.69) is 27.3 Å². The quantitative estimate of drug-likeness (QED) is 0.386. The van der Waals surface area contributed by atoms with Gasteiger partial charge in [0, 0.05) is 61.4 Å². The molecule has 2 aromatic carbocycles. The molecule has 2 amide bonds.